The van der Waals surface area contributed by atoms with Crippen LogP contribution < -0.4 is 4.74 Å². The highest BCUT2D eigenvalue weighted by molar-refractivity contribution is 5.83. The molecule has 0 radical (unpaired) electrons. The summed E-state index contributed by atoms with van der Waals surface area (Å²) in [5, 5.41) is 10.8. The molecular weight excluding hydrogens is 180 g/mol. The van der Waals surface area contributed by atoms with Crippen molar-refractivity contribution in [2.24, 2.45) is 5.16 Å². The van der Waals surface area contributed by atoms with Gasteiger partial charge in [-0.3, -0.25) is 0 Å². The van der Waals surface area contributed by atoms with Crippen molar-refractivity contribution < 1.29 is 18.7 Å². The Labute approximate surface area is 73.2 Å². The molecule has 5 heteroatoms. The van der Waals surface area contributed by atoms with Crippen molar-refractivity contribution in [1.29, 1.82) is 0 Å². The zero-order valence-corrected chi connectivity index (χ0v) is 6.79. The van der Waals surface area contributed by atoms with E-state index in [1.807, 2.05) is 0 Å². The molecule has 0 fully saturated rings. The second-order valence-electron chi connectivity index (χ2n) is 2.22. The number of methoxy groups -OCH3 is 1. The van der Waals surface area contributed by atoms with Crippen LogP contribution in [-0.2, 0) is 0 Å². The highest BCUT2D eigenvalue weighted by atomic mass is 19.2. The Bertz CT molecular complexity index is 339. The maximum atomic E-state index is 13.0. The topological polar surface area (TPSA) is 41.8 Å². The highest BCUT2D eigenvalue weighted by Gasteiger charge is 2.12. The molecule has 0 heterocycles. The zero-order chi connectivity index (χ0) is 9.84. The molecular formula is C8H7F2NO2. The van der Waals surface area contributed by atoms with Crippen LogP contribution >= 0.6 is 0 Å². The molecule has 1 rings (SSSR count). The van der Waals surface area contributed by atoms with Crippen LogP contribution in [-0.4, -0.2) is 18.5 Å². The van der Waals surface area contributed by atoms with Crippen LogP contribution in [0.4, 0.5) is 8.78 Å². The van der Waals surface area contributed by atoms with E-state index in [2.05, 4.69) is 5.16 Å². The number of halogens is 2. The molecule has 0 unspecified atom stereocenters. The third kappa shape index (κ3) is 1.74. The van der Waals surface area contributed by atoms with Crippen LogP contribution in [0.5, 0.6) is 5.75 Å². The summed E-state index contributed by atoms with van der Waals surface area (Å²) in [6.07, 6.45) is 0.775. The van der Waals surface area contributed by atoms with Gasteiger partial charge in [0.05, 0.1) is 18.9 Å². The summed E-state index contributed by atoms with van der Waals surface area (Å²) in [5.74, 6) is -2.01. The second kappa shape index (κ2) is 3.84. The lowest BCUT2D eigenvalue weighted by molar-refractivity contribution is 0.321. The van der Waals surface area contributed by atoms with E-state index in [1.54, 1.807) is 0 Å². The van der Waals surface area contributed by atoms with Crippen LogP contribution in [0.25, 0.3) is 0 Å². The molecule has 70 valence electrons. The van der Waals surface area contributed by atoms with E-state index in [-0.39, 0.29) is 11.3 Å². The van der Waals surface area contributed by atoms with Crippen molar-refractivity contribution in [1.82, 2.24) is 0 Å². The van der Waals surface area contributed by atoms with Crippen LogP contribution in [0.15, 0.2) is 17.3 Å². The molecule has 0 aliphatic heterocycles. The van der Waals surface area contributed by atoms with Gasteiger partial charge in [0.25, 0.3) is 0 Å². The maximum Gasteiger partial charge on any atom is 0.171 e. The first-order valence-corrected chi connectivity index (χ1v) is 3.40. The third-order valence-electron chi connectivity index (χ3n) is 1.50. The predicted octanol–water partition coefficient (Wildman–Crippen LogP) is 1.78. The fourth-order valence-electron chi connectivity index (χ4n) is 0.905. The second-order valence-corrected chi connectivity index (χ2v) is 2.22. The molecule has 0 saturated heterocycles. The normalized spacial score (nSPS) is 10.7. The number of nitrogens with zero attached hydrogens (tertiary/aromatic N) is 1. The number of oxime groups is 1. The fraction of sp³-hybridized carbons (Fsp3) is 0.125. The number of hydrogen-bond donors (Lipinski definition) is 1. The summed E-state index contributed by atoms with van der Waals surface area (Å²) in [5.41, 5.74) is -0.218. The first-order valence-electron chi connectivity index (χ1n) is 3.40. The van der Waals surface area contributed by atoms with E-state index >= 15 is 0 Å². The van der Waals surface area contributed by atoms with Crippen LogP contribution in [0, 0.1) is 11.6 Å². The predicted molar refractivity (Wildman–Crippen MR) is 42.3 cm³/mol. The van der Waals surface area contributed by atoms with Crippen LogP contribution in [0.2, 0.25) is 0 Å². The Kier molecular flexibility index (Phi) is 2.79. The number of rotatable bonds is 2. The molecule has 0 aromatic heterocycles. The van der Waals surface area contributed by atoms with Crippen molar-refractivity contribution in [2.75, 3.05) is 7.11 Å². The van der Waals surface area contributed by atoms with E-state index in [9.17, 15) is 8.78 Å². The first kappa shape index (κ1) is 9.44. The molecule has 1 aromatic carbocycles. The maximum absolute atomic E-state index is 13.0. The summed E-state index contributed by atoms with van der Waals surface area (Å²) >= 11 is 0. The van der Waals surface area contributed by atoms with Gasteiger partial charge in [0, 0.05) is 0 Å². The van der Waals surface area contributed by atoms with Gasteiger partial charge >= 0.3 is 0 Å². The fourth-order valence-corrected chi connectivity index (χ4v) is 0.905. The summed E-state index contributed by atoms with van der Waals surface area (Å²) < 4.78 is 30.3. The minimum atomic E-state index is -1.10. The van der Waals surface area contributed by atoms with Crippen molar-refractivity contribution in [3.05, 3.63) is 29.3 Å². The molecule has 0 aliphatic rings. The molecule has 13 heavy (non-hydrogen) atoms. The van der Waals surface area contributed by atoms with Gasteiger partial charge in [-0.2, -0.15) is 0 Å². The van der Waals surface area contributed by atoms with E-state index < -0.39 is 11.6 Å². The summed E-state index contributed by atoms with van der Waals surface area (Å²) in [4.78, 5) is 0. The molecule has 1 aromatic rings. The van der Waals surface area contributed by atoms with Gasteiger partial charge in [-0.05, 0) is 12.1 Å². The van der Waals surface area contributed by atoms with E-state index in [1.165, 1.54) is 13.2 Å². The molecule has 0 atom stereocenters. The number of benzene rings is 1. The van der Waals surface area contributed by atoms with Gasteiger partial charge in [0.15, 0.2) is 11.6 Å². The quantitative estimate of drug-likeness (QED) is 0.435. The van der Waals surface area contributed by atoms with Crippen molar-refractivity contribution in [2.45, 2.75) is 0 Å². The average molecular weight is 187 g/mol. The summed E-state index contributed by atoms with van der Waals surface area (Å²) in [6, 6.07) is 2.18. The first-order chi connectivity index (χ1) is 6.20. The molecule has 3 nitrogen and oxygen atoms in total. The largest absolute Gasteiger partial charge is 0.496 e. The minimum absolute atomic E-state index is 0.108. The lowest BCUT2D eigenvalue weighted by Crippen LogP contribution is -1.97. The molecule has 0 amide bonds. The Morgan fingerprint density at radius 2 is 2.15 bits per heavy atom. The van der Waals surface area contributed by atoms with Crippen LogP contribution in [0.1, 0.15) is 5.56 Å². The van der Waals surface area contributed by atoms with E-state index in [0.29, 0.717) is 0 Å². The molecule has 0 saturated carbocycles. The Hall–Kier alpha value is -1.65. The number of ether oxygens (including phenoxy) is 1. The average Bonchev–Trinajstić information content (AvgIpc) is 2.14. The van der Waals surface area contributed by atoms with E-state index in [0.717, 1.165) is 12.3 Å². The van der Waals surface area contributed by atoms with E-state index in [4.69, 9.17) is 9.94 Å². The Morgan fingerprint density at radius 1 is 1.46 bits per heavy atom. The Balaban J connectivity index is 3.32. The smallest absolute Gasteiger partial charge is 0.171 e. The number of hydrogen-bond acceptors (Lipinski definition) is 3. The third-order valence-corrected chi connectivity index (χ3v) is 1.50. The molecule has 1 N–H and O–H groups in total. The van der Waals surface area contributed by atoms with Gasteiger partial charge in [0.2, 0.25) is 0 Å². The standard InChI is InChI=1S/C8H7F2NO2/c1-13-7-3-2-6(9)8(10)5(7)4-11-12/h2-4,12H,1H3. The van der Waals surface area contributed by atoms with Gasteiger partial charge in [0.1, 0.15) is 5.75 Å². The minimum Gasteiger partial charge on any atom is -0.496 e. The van der Waals surface area contributed by atoms with Crippen molar-refractivity contribution in [3.8, 4) is 5.75 Å². The van der Waals surface area contributed by atoms with Gasteiger partial charge in [-0.1, -0.05) is 5.16 Å². The summed E-state index contributed by atoms with van der Waals surface area (Å²) in [7, 11) is 1.31. The highest BCUT2D eigenvalue weighted by Crippen LogP contribution is 2.21. The monoisotopic (exact) mass is 187 g/mol. The lowest BCUT2D eigenvalue weighted by atomic mass is 10.2. The molecule has 0 aliphatic carbocycles. The van der Waals surface area contributed by atoms with Crippen molar-refractivity contribution >= 4 is 6.21 Å². The van der Waals surface area contributed by atoms with Gasteiger partial charge < -0.3 is 9.94 Å². The van der Waals surface area contributed by atoms with Crippen molar-refractivity contribution in [3.63, 3.8) is 0 Å². The van der Waals surface area contributed by atoms with Gasteiger partial charge in [-0.25, -0.2) is 8.78 Å². The Morgan fingerprint density at radius 3 is 2.69 bits per heavy atom. The van der Waals surface area contributed by atoms with Gasteiger partial charge in [-0.15, -0.1) is 0 Å². The lowest BCUT2D eigenvalue weighted by Gasteiger charge is -2.04. The molecule has 0 spiro atoms. The summed E-state index contributed by atoms with van der Waals surface area (Å²) in [6.45, 7) is 0. The SMILES string of the molecule is COc1ccc(F)c(F)c1C=NO. The zero-order valence-electron chi connectivity index (χ0n) is 6.79. The molecule has 0 bridgehead atoms. The van der Waals surface area contributed by atoms with Crippen LogP contribution in [0.3, 0.4) is 0 Å².